The van der Waals surface area contributed by atoms with Gasteiger partial charge < -0.3 is 9.47 Å². The maximum absolute atomic E-state index is 13.8. The molecular formula is C30H24O3. The number of ketones is 1. The van der Waals surface area contributed by atoms with Gasteiger partial charge in [-0.2, -0.15) is 0 Å². The molecule has 1 aliphatic rings. The molecule has 3 heteroatoms. The Morgan fingerprint density at radius 1 is 0.758 bits per heavy atom. The molecule has 0 aromatic heterocycles. The van der Waals surface area contributed by atoms with Crippen LogP contribution in [0.1, 0.15) is 38.5 Å². The lowest BCUT2D eigenvalue weighted by atomic mass is 9.89. The number of ether oxygens (including phenoxy) is 2. The number of Topliss-reactive ketones (excluding diaryl/α,β-unsaturated/α-hetero) is 1. The minimum absolute atomic E-state index is 0.00328. The Bertz CT molecular complexity index is 1320. The minimum Gasteiger partial charge on any atom is -0.497 e. The number of carbonyl (C=O) groups excluding carboxylic acids is 1. The Hall–Kier alpha value is -4.11. The van der Waals surface area contributed by atoms with E-state index in [1.165, 1.54) is 5.56 Å². The van der Waals surface area contributed by atoms with E-state index in [9.17, 15) is 4.79 Å². The van der Waals surface area contributed by atoms with Crippen molar-refractivity contribution in [2.24, 2.45) is 0 Å². The van der Waals surface area contributed by atoms with Gasteiger partial charge in [0.2, 0.25) is 0 Å². The number of hydrogen-bond acceptors (Lipinski definition) is 3. The third-order valence-electron chi connectivity index (χ3n) is 5.99. The molecule has 0 unspecified atom stereocenters. The van der Waals surface area contributed by atoms with Gasteiger partial charge >= 0.3 is 0 Å². The van der Waals surface area contributed by atoms with Crippen LogP contribution in [0.15, 0.2) is 103 Å². The second kappa shape index (κ2) is 8.79. The highest BCUT2D eigenvalue weighted by Crippen LogP contribution is 2.46. The SMILES string of the molecule is COc1ccc(Oc2cccc3c2C(=O)/C(=C\c2ccc(C)cc2)[C@@H]3c2ccccc2)cc1. The molecule has 0 aliphatic heterocycles. The van der Waals surface area contributed by atoms with Crippen LogP contribution in [-0.4, -0.2) is 12.9 Å². The number of carbonyl (C=O) groups is 1. The summed E-state index contributed by atoms with van der Waals surface area (Å²) in [6.07, 6.45) is 2.01. The summed E-state index contributed by atoms with van der Waals surface area (Å²) >= 11 is 0. The summed E-state index contributed by atoms with van der Waals surface area (Å²) in [6, 6.07) is 31.6. The average Bonchev–Trinajstić information content (AvgIpc) is 3.13. The monoisotopic (exact) mass is 432 g/mol. The van der Waals surface area contributed by atoms with E-state index in [1.54, 1.807) is 7.11 Å². The Morgan fingerprint density at radius 3 is 2.15 bits per heavy atom. The van der Waals surface area contributed by atoms with Crippen molar-refractivity contribution in [2.75, 3.05) is 7.11 Å². The number of methoxy groups -OCH3 is 1. The lowest BCUT2D eigenvalue weighted by Gasteiger charge is -2.14. The molecule has 0 bridgehead atoms. The fourth-order valence-electron chi connectivity index (χ4n) is 4.33. The molecule has 4 aromatic carbocycles. The van der Waals surface area contributed by atoms with Gasteiger partial charge in [-0.1, -0.05) is 72.3 Å². The first kappa shape index (κ1) is 20.8. The molecule has 1 aliphatic carbocycles. The van der Waals surface area contributed by atoms with Crippen LogP contribution in [0.2, 0.25) is 0 Å². The third-order valence-corrected chi connectivity index (χ3v) is 5.99. The van der Waals surface area contributed by atoms with Gasteiger partial charge in [-0.3, -0.25) is 4.79 Å². The molecule has 3 nitrogen and oxygen atoms in total. The molecule has 1 atom stereocenters. The topological polar surface area (TPSA) is 35.5 Å². The van der Waals surface area contributed by atoms with Crippen LogP contribution in [-0.2, 0) is 0 Å². The van der Waals surface area contributed by atoms with Gasteiger partial charge in [-0.25, -0.2) is 0 Å². The number of rotatable bonds is 5. The van der Waals surface area contributed by atoms with E-state index in [1.807, 2.05) is 66.7 Å². The molecule has 0 spiro atoms. The molecule has 0 radical (unpaired) electrons. The van der Waals surface area contributed by atoms with Crippen LogP contribution >= 0.6 is 0 Å². The first-order valence-electron chi connectivity index (χ1n) is 11.0. The van der Waals surface area contributed by atoms with Crippen LogP contribution in [0, 0.1) is 6.92 Å². The van der Waals surface area contributed by atoms with Gasteiger partial charge in [0.25, 0.3) is 0 Å². The van der Waals surface area contributed by atoms with E-state index < -0.39 is 0 Å². The maximum Gasteiger partial charge on any atom is 0.194 e. The molecule has 0 N–H and O–H groups in total. The van der Waals surface area contributed by atoms with Crippen molar-refractivity contribution < 1.29 is 14.3 Å². The molecule has 33 heavy (non-hydrogen) atoms. The van der Waals surface area contributed by atoms with Gasteiger partial charge in [-0.05, 0) is 60.0 Å². The normalized spacial score (nSPS) is 16.0. The lowest BCUT2D eigenvalue weighted by molar-refractivity contribution is 0.103. The molecule has 0 heterocycles. The molecule has 4 aromatic rings. The van der Waals surface area contributed by atoms with Crippen LogP contribution in [0.5, 0.6) is 17.2 Å². The van der Waals surface area contributed by atoms with Crippen LogP contribution in [0.4, 0.5) is 0 Å². The minimum atomic E-state index is -0.144. The zero-order valence-corrected chi connectivity index (χ0v) is 18.6. The largest absolute Gasteiger partial charge is 0.497 e. The van der Waals surface area contributed by atoms with Crippen molar-refractivity contribution in [3.63, 3.8) is 0 Å². The molecule has 0 fully saturated rings. The molecule has 0 saturated heterocycles. The number of allylic oxidation sites excluding steroid dienone is 1. The van der Waals surface area contributed by atoms with E-state index in [0.29, 0.717) is 17.1 Å². The second-order valence-corrected chi connectivity index (χ2v) is 8.18. The fraction of sp³-hybridized carbons (Fsp3) is 0.100. The number of fused-ring (bicyclic) bond motifs is 1. The highest BCUT2D eigenvalue weighted by atomic mass is 16.5. The van der Waals surface area contributed by atoms with Gasteiger partial charge in [0.15, 0.2) is 5.78 Å². The summed E-state index contributed by atoms with van der Waals surface area (Å²) in [6.45, 7) is 2.06. The van der Waals surface area contributed by atoms with Crippen molar-refractivity contribution in [1.29, 1.82) is 0 Å². The number of hydrogen-bond donors (Lipinski definition) is 0. The molecular weight excluding hydrogens is 408 g/mol. The Labute approximate surface area is 193 Å². The summed E-state index contributed by atoms with van der Waals surface area (Å²) in [5, 5.41) is 0. The zero-order chi connectivity index (χ0) is 22.8. The van der Waals surface area contributed by atoms with Crippen LogP contribution in [0.25, 0.3) is 6.08 Å². The smallest absolute Gasteiger partial charge is 0.194 e. The maximum atomic E-state index is 13.8. The van der Waals surface area contributed by atoms with E-state index in [2.05, 4.69) is 43.3 Å². The van der Waals surface area contributed by atoms with Crippen molar-refractivity contribution in [3.8, 4) is 17.2 Å². The molecule has 162 valence electrons. The summed E-state index contributed by atoms with van der Waals surface area (Å²) in [7, 11) is 1.63. The summed E-state index contributed by atoms with van der Waals surface area (Å²) in [4.78, 5) is 13.8. The Kier molecular flexibility index (Phi) is 5.54. The van der Waals surface area contributed by atoms with Gasteiger partial charge in [0, 0.05) is 11.5 Å². The Morgan fingerprint density at radius 2 is 1.45 bits per heavy atom. The molecule has 0 saturated carbocycles. The van der Waals surface area contributed by atoms with Crippen molar-refractivity contribution in [1.82, 2.24) is 0 Å². The Balaban J connectivity index is 1.61. The van der Waals surface area contributed by atoms with Crippen molar-refractivity contribution in [2.45, 2.75) is 12.8 Å². The quantitative estimate of drug-likeness (QED) is 0.313. The number of aryl methyl sites for hydroxylation is 1. The predicted molar refractivity (Wildman–Crippen MR) is 131 cm³/mol. The van der Waals surface area contributed by atoms with Gasteiger partial charge in [0.05, 0.1) is 12.7 Å². The average molecular weight is 433 g/mol. The summed E-state index contributed by atoms with van der Waals surface area (Å²) in [5.41, 5.74) is 5.63. The van der Waals surface area contributed by atoms with Gasteiger partial charge in [0.1, 0.15) is 17.2 Å². The van der Waals surface area contributed by atoms with Crippen molar-refractivity contribution in [3.05, 3.63) is 130 Å². The number of benzene rings is 4. The first-order chi connectivity index (χ1) is 16.1. The van der Waals surface area contributed by atoms with E-state index in [4.69, 9.17) is 9.47 Å². The lowest BCUT2D eigenvalue weighted by Crippen LogP contribution is -2.02. The zero-order valence-electron chi connectivity index (χ0n) is 18.6. The predicted octanol–water partition coefficient (Wildman–Crippen LogP) is 7.21. The fourth-order valence-corrected chi connectivity index (χ4v) is 4.33. The first-order valence-corrected chi connectivity index (χ1v) is 11.0. The highest BCUT2D eigenvalue weighted by molar-refractivity contribution is 6.19. The van der Waals surface area contributed by atoms with Gasteiger partial charge in [-0.15, -0.1) is 0 Å². The second-order valence-electron chi connectivity index (χ2n) is 8.18. The highest BCUT2D eigenvalue weighted by Gasteiger charge is 2.38. The molecule has 0 amide bonds. The van der Waals surface area contributed by atoms with E-state index in [0.717, 1.165) is 28.0 Å². The van der Waals surface area contributed by atoms with E-state index in [-0.39, 0.29) is 11.7 Å². The van der Waals surface area contributed by atoms with Crippen LogP contribution in [0.3, 0.4) is 0 Å². The molecule has 5 rings (SSSR count). The van der Waals surface area contributed by atoms with Crippen LogP contribution < -0.4 is 9.47 Å². The summed E-state index contributed by atoms with van der Waals surface area (Å²) in [5.74, 6) is 1.84. The summed E-state index contributed by atoms with van der Waals surface area (Å²) < 4.78 is 11.4. The van der Waals surface area contributed by atoms with E-state index >= 15 is 0 Å². The van der Waals surface area contributed by atoms with Crippen molar-refractivity contribution >= 4 is 11.9 Å². The third kappa shape index (κ3) is 4.06. The standard InChI is InChI=1S/C30H24O3/c1-20-11-13-21(14-12-20)19-26-28(22-7-4-3-5-8-22)25-9-6-10-27(29(25)30(26)31)33-24-17-15-23(32-2)16-18-24/h3-19,28H,1-2H3/b26-19-/t28-/m1/s1.